The second kappa shape index (κ2) is 2.60. The predicted octanol–water partition coefficient (Wildman–Crippen LogP) is 0.621. The van der Waals surface area contributed by atoms with Gasteiger partial charge in [-0.2, -0.15) is 0 Å². The summed E-state index contributed by atoms with van der Waals surface area (Å²) in [4.78, 5) is 21.3. The Morgan fingerprint density at radius 3 is 2.45 bits per heavy atom. The number of carbonyl (C=O) groups excluding carboxylic acids is 2. The van der Waals surface area contributed by atoms with Gasteiger partial charge in [0.1, 0.15) is 6.42 Å². The quantitative estimate of drug-likeness (QED) is 0.449. The van der Waals surface area contributed by atoms with Crippen LogP contribution >= 0.6 is 0 Å². The molecule has 0 atom stereocenters. The number of ether oxygens (including phenoxy) is 1. The topological polar surface area (TPSA) is 43.4 Å². The van der Waals surface area contributed by atoms with Crippen LogP contribution in [0.2, 0.25) is 0 Å². The SMILES string of the molecule is COC(=O)CC(=O)C1(F)CC1. The van der Waals surface area contributed by atoms with E-state index < -0.39 is 23.8 Å². The predicted molar refractivity (Wildman–Crippen MR) is 34.7 cm³/mol. The number of Topliss-reactive ketones (excluding diaryl/α,β-unsaturated/α-hetero) is 1. The van der Waals surface area contributed by atoms with Crippen molar-refractivity contribution in [2.45, 2.75) is 24.9 Å². The molecule has 1 rings (SSSR count). The minimum Gasteiger partial charge on any atom is -0.469 e. The minimum atomic E-state index is -1.70. The largest absolute Gasteiger partial charge is 0.469 e. The van der Waals surface area contributed by atoms with Crippen LogP contribution in [0.15, 0.2) is 0 Å². The molecule has 0 aromatic rings. The van der Waals surface area contributed by atoms with Crippen LogP contribution in [0, 0.1) is 0 Å². The first kappa shape index (κ1) is 8.17. The Balaban J connectivity index is 2.38. The van der Waals surface area contributed by atoms with E-state index in [1.165, 1.54) is 7.11 Å². The molecule has 0 heterocycles. The van der Waals surface area contributed by atoms with E-state index in [9.17, 15) is 14.0 Å². The second-order valence-corrected chi connectivity index (χ2v) is 2.64. The maximum Gasteiger partial charge on any atom is 0.313 e. The van der Waals surface area contributed by atoms with Crippen molar-refractivity contribution in [3.05, 3.63) is 0 Å². The number of ketones is 1. The highest BCUT2D eigenvalue weighted by Crippen LogP contribution is 2.41. The molecule has 4 heteroatoms. The Kier molecular flexibility index (Phi) is 1.93. The molecule has 0 aromatic carbocycles. The zero-order valence-corrected chi connectivity index (χ0v) is 6.22. The molecule has 0 unspecified atom stereocenters. The number of hydrogen-bond donors (Lipinski definition) is 0. The van der Waals surface area contributed by atoms with Crippen molar-refractivity contribution < 1.29 is 18.7 Å². The van der Waals surface area contributed by atoms with Gasteiger partial charge in [0.15, 0.2) is 11.5 Å². The van der Waals surface area contributed by atoms with Crippen molar-refractivity contribution in [3.63, 3.8) is 0 Å². The number of methoxy groups -OCH3 is 1. The molecule has 0 saturated heterocycles. The number of halogens is 1. The molecule has 0 spiro atoms. The van der Waals surface area contributed by atoms with E-state index in [1.807, 2.05) is 0 Å². The monoisotopic (exact) mass is 160 g/mol. The minimum absolute atomic E-state index is 0.253. The van der Waals surface area contributed by atoms with Gasteiger partial charge in [-0.3, -0.25) is 9.59 Å². The summed E-state index contributed by atoms with van der Waals surface area (Å²) < 4.78 is 17.1. The first-order valence-electron chi connectivity index (χ1n) is 3.37. The lowest BCUT2D eigenvalue weighted by Gasteiger charge is -2.01. The third-order valence-corrected chi connectivity index (χ3v) is 1.72. The van der Waals surface area contributed by atoms with Crippen molar-refractivity contribution >= 4 is 11.8 Å². The standard InChI is InChI=1S/C7H9FO3/c1-11-6(10)4-5(9)7(8)2-3-7/h2-4H2,1H3. The number of hydrogen-bond acceptors (Lipinski definition) is 3. The summed E-state index contributed by atoms with van der Waals surface area (Å²) in [6.45, 7) is 0. The lowest BCUT2D eigenvalue weighted by Crippen LogP contribution is -2.20. The summed E-state index contributed by atoms with van der Waals surface area (Å²) in [6.07, 6.45) is 0.0681. The fraction of sp³-hybridized carbons (Fsp3) is 0.714. The van der Waals surface area contributed by atoms with Gasteiger partial charge in [0.2, 0.25) is 0 Å². The van der Waals surface area contributed by atoms with Crippen LogP contribution in [-0.4, -0.2) is 24.5 Å². The zero-order chi connectivity index (χ0) is 8.48. The molecule has 0 radical (unpaired) electrons. The van der Waals surface area contributed by atoms with E-state index in [2.05, 4.69) is 4.74 Å². The molecule has 0 amide bonds. The molecule has 3 nitrogen and oxygen atoms in total. The highest BCUT2D eigenvalue weighted by atomic mass is 19.1. The van der Waals surface area contributed by atoms with Gasteiger partial charge >= 0.3 is 5.97 Å². The summed E-state index contributed by atoms with van der Waals surface area (Å²) in [5.74, 6) is -1.32. The number of rotatable bonds is 3. The molecule has 1 saturated carbocycles. The van der Waals surface area contributed by atoms with Gasteiger partial charge in [-0.15, -0.1) is 0 Å². The van der Waals surface area contributed by atoms with Crippen LogP contribution in [0.3, 0.4) is 0 Å². The van der Waals surface area contributed by atoms with Gasteiger partial charge in [0.25, 0.3) is 0 Å². The van der Waals surface area contributed by atoms with Crippen molar-refractivity contribution in [1.29, 1.82) is 0 Å². The Morgan fingerprint density at radius 2 is 2.09 bits per heavy atom. The first-order valence-corrected chi connectivity index (χ1v) is 3.37. The Morgan fingerprint density at radius 1 is 1.55 bits per heavy atom. The highest BCUT2D eigenvalue weighted by Gasteiger charge is 2.50. The van der Waals surface area contributed by atoms with Crippen LogP contribution < -0.4 is 0 Å². The zero-order valence-electron chi connectivity index (χ0n) is 6.22. The van der Waals surface area contributed by atoms with Crippen molar-refractivity contribution in [2.75, 3.05) is 7.11 Å². The Bertz CT molecular complexity index is 196. The lowest BCUT2D eigenvalue weighted by atomic mass is 10.2. The lowest BCUT2D eigenvalue weighted by molar-refractivity contribution is -0.144. The van der Waals surface area contributed by atoms with E-state index in [1.54, 1.807) is 0 Å². The van der Waals surface area contributed by atoms with E-state index in [4.69, 9.17) is 0 Å². The molecular weight excluding hydrogens is 151 g/mol. The van der Waals surface area contributed by atoms with Crippen molar-refractivity contribution in [1.82, 2.24) is 0 Å². The smallest absolute Gasteiger partial charge is 0.313 e. The molecule has 1 fully saturated rings. The van der Waals surface area contributed by atoms with Gasteiger partial charge in [-0.25, -0.2) is 4.39 Å². The van der Waals surface area contributed by atoms with Gasteiger partial charge in [-0.1, -0.05) is 0 Å². The maximum atomic E-state index is 12.8. The summed E-state index contributed by atoms with van der Waals surface area (Å²) in [6, 6.07) is 0. The number of carbonyl (C=O) groups is 2. The van der Waals surface area contributed by atoms with Gasteiger partial charge < -0.3 is 4.74 Å². The van der Waals surface area contributed by atoms with Crippen molar-refractivity contribution in [3.8, 4) is 0 Å². The average molecular weight is 160 g/mol. The molecule has 62 valence electrons. The summed E-state index contributed by atoms with van der Waals surface area (Å²) in [5.41, 5.74) is -1.70. The third kappa shape index (κ3) is 1.76. The fourth-order valence-corrected chi connectivity index (χ4v) is 0.750. The number of alkyl halides is 1. The third-order valence-electron chi connectivity index (χ3n) is 1.72. The molecule has 0 aliphatic heterocycles. The van der Waals surface area contributed by atoms with Gasteiger partial charge in [0.05, 0.1) is 7.11 Å². The van der Waals surface area contributed by atoms with Crippen LogP contribution in [0.25, 0.3) is 0 Å². The molecule has 1 aliphatic rings. The average Bonchev–Trinajstić information content (AvgIpc) is 2.69. The van der Waals surface area contributed by atoms with Crippen molar-refractivity contribution in [2.24, 2.45) is 0 Å². The van der Waals surface area contributed by atoms with Crippen LogP contribution in [0.1, 0.15) is 19.3 Å². The van der Waals surface area contributed by atoms with Crippen LogP contribution in [0.4, 0.5) is 4.39 Å². The van der Waals surface area contributed by atoms with Gasteiger partial charge in [0, 0.05) is 0 Å². The molecule has 0 aromatic heterocycles. The first-order chi connectivity index (χ1) is 5.08. The molecule has 1 aliphatic carbocycles. The highest BCUT2D eigenvalue weighted by molar-refractivity contribution is 6.01. The van der Waals surface area contributed by atoms with Crippen LogP contribution in [0.5, 0.6) is 0 Å². The van der Waals surface area contributed by atoms with E-state index in [0.717, 1.165) is 0 Å². The Labute approximate surface area is 63.5 Å². The Hall–Kier alpha value is -0.930. The molecule has 0 bridgehead atoms. The summed E-state index contributed by atoms with van der Waals surface area (Å²) in [7, 11) is 1.17. The normalized spacial score (nSPS) is 19.1. The van der Waals surface area contributed by atoms with Crippen LogP contribution in [-0.2, 0) is 14.3 Å². The second-order valence-electron chi connectivity index (χ2n) is 2.64. The number of esters is 1. The molecule has 0 N–H and O–H groups in total. The maximum absolute atomic E-state index is 12.8. The molecule has 11 heavy (non-hydrogen) atoms. The summed E-state index contributed by atoms with van der Waals surface area (Å²) in [5, 5.41) is 0. The van der Waals surface area contributed by atoms with E-state index in [-0.39, 0.29) is 12.8 Å². The molecular formula is C7H9FO3. The fourth-order valence-electron chi connectivity index (χ4n) is 0.750. The summed E-state index contributed by atoms with van der Waals surface area (Å²) >= 11 is 0. The van der Waals surface area contributed by atoms with E-state index in [0.29, 0.717) is 0 Å². The van der Waals surface area contributed by atoms with Gasteiger partial charge in [-0.05, 0) is 12.8 Å². The van der Waals surface area contributed by atoms with E-state index >= 15 is 0 Å².